The predicted octanol–water partition coefficient (Wildman–Crippen LogP) is 15.8. The molecule has 0 aliphatic rings. The Morgan fingerprint density at radius 2 is 0.589 bits per heavy atom. The minimum absolute atomic E-state index is 0.0651. The molecule has 0 aromatic heterocycles. The molecule has 0 aromatic rings. The van der Waals surface area contributed by atoms with Gasteiger partial charge in [-0.2, -0.15) is 0 Å². The van der Waals surface area contributed by atoms with Crippen molar-refractivity contribution in [2.24, 2.45) is 11.8 Å². The summed E-state index contributed by atoms with van der Waals surface area (Å²) in [6, 6.07) is 0. The summed E-state index contributed by atoms with van der Waals surface area (Å²) in [5.74, 6) is 0.729. The molecule has 0 heterocycles. The van der Waals surface area contributed by atoms with Crippen molar-refractivity contribution in [2.45, 2.75) is 278 Å². The van der Waals surface area contributed by atoms with E-state index < -0.39 is 6.10 Å². The fourth-order valence-electron chi connectivity index (χ4n) is 7.46. The van der Waals surface area contributed by atoms with E-state index in [-0.39, 0.29) is 31.1 Å². The summed E-state index contributed by atoms with van der Waals surface area (Å²) in [6.45, 7) is 11.3. The largest absolute Gasteiger partial charge is 0.462 e. The fraction of sp³-hybridized carbons (Fsp3) is 0.940. The van der Waals surface area contributed by atoms with Crippen molar-refractivity contribution in [2.75, 3.05) is 13.2 Å². The van der Waals surface area contributed by atoms with Gasteiger partial charge >= 0.3 is 17.9 Å². The van der Waals surface area contributed by atoms with E-state index >= 15 is 0 Å². The summed E-state index contributed by atoms with van der Waals surface area (Å²) in [6.07, 6.45) is 42.4. The fourth-order valence-corrected chi connectivity index (χ4v) is 7.46. The molecular weight excluding hydrogens is 697 g/mol. The Hall–Kier alpha value is -1.59. The zero-order valence-corrected chi connectivity index (χ0v) is 38.3. The van der Waals surface area contributed by atoms with Crippen LogP contribution in [0.5, 0.6) is 0 Å². The Kier molecular flexibility index (Phi) is 41.8. The molecule has 0 fully saturated rings. The van der Waals surface area contributed by atoms with Crippen LogP contribution in [-0.4, -0.2) is 37.2 Å². The second kappa shape index (κ2) is 43.0. The number of rotatable bonds is 44. The van der Waals surface area contributed by atoms with Crippen LogP contribution in [0.25, 0.3) is 0 Å². The zero-order valence-electron chi connectivity index (χ0n) is 38.3. The number of hydrogen-bond donors (Lipinski definition) is 0. The maximum absolute atomic E-state index is 12.7. The smallest absolute Gasteiger partial charge is 0.306 e. The average molecular weight is 793 g/mol. The molecule has 1 atom stereocenters. The van der Waals surface area contributed by atoms with Gasteiger partial charge in [-0.1, -0.05) is 234 Å². The molecule has 332 valence electrons. The maximum Gasteiger partial charge on any atom is 0.306 e. The van der Waals surface area contributed by atoms with Gasteiger partial charge in [0.25, 0.3) is 0 Å². The highest BCUT2D eigenvalue weighted by Gasteiger charge is 2.19. The molecule has 0 saturated heterocycles. The summed E-state index contributed by atoms with van der Waals surface area (Å²) < 4.78 is 16.7. The number of hydrogen-bond acceptors (Lipinski definition) is 6. The Morgan fingerprint density at radius 1 is 0.339 bits per heavy atom. The maximum atomic E-state index is 12.7. The van der Waals surface area contributed by atoms with Gasteiger partial charge in [0.05, 0.1) is 0 Å². The lowest BCUT2D eigenvalue weighted by Crippen LogP contribution is -2.30. The van der Waals surface area contributed by atoms with E-state index in [2.05, 4.69) is 34.6 Å². The lowest BCUT2D eigenvalue weighted by Gasteiger charge is -2.18. The van der Waals surface area contributed by atoms with Crippen LogP contribution in [0.2, 0.25) is 0 Å². The summed E-state index contributed by atoms with van der Waals surface area (Å²) in [5, 5.41) is 0. The molecule has 0 unspecified atom stereocenters. The highest BCUT2D eigenvalue weighted by Crippen LogP contribution is 2.17. The summed E-state index contributed by atoms with van der Waals surface area (Å²) in [7, 11) is 0. The van der Waals surface area contributed by atoms with Crippen LogP contribution in [-0.2, 0) is 28.6 Å². The molecule has 0 N–H and O–H groups in total. The predicted molar refractivity (Wildman–Crippen MR) is 238 cm³/mol. The van der Waals surface area contributed by atoms with Gasteiger partial charge in [-0.25, -0.2) is 0 Å². The van der Waals surface area contributed by atoms with Crippen molar-refractivity contribution < 1.29 is 28.6 Å². The van der Waals surface area contributed by atoms with Crippen LogP contribution in [0.15, 0.2) is 0 Å². The first-order valence-corrected chi connectivity index (χ1v) is 24.7. The minimum atomic E-state index is -0.761. The monoisotopic (exact) mass is 793 g/mol. The molecule has 0 aromatic carbocycles. The van der Waals surface area contributed by atoms with Crippen molar-refractivity contribution in [3.05, 3.63) is 0 Å². The molecule has 56 heavy (non-hydrogen) atoms. The van der Waals surface area contributed by atoms with E-state index in [1.807, 2.05) is 0 Å². The van der Waals surface area contributed by atoms with Crippen molar-refractivity contribution in [1.82, 2.24) is 0 Å². The number of carbonyl (C=O) groups is 3. The number of carbonyl (C=O) groups excluding carboxylic acids is 3. The van der Waals surface area contributed by atoms with Crippen LogP contribution in [0.1, 0.15) is 272 Å². The van der Waals surface area contributed by atoms with Gasteiger partial charge in [-0.15, -0.1) is 0 Å². The third kappa shape index (κ3) is 43.5. The van der Waals surface area contributed by atoms with Gasteiger partial charge in [-0.05, 0) is 31.1 Å². The molecule has 0 amide bonds. The van der Waals surface area contributed by atoms with Crippen LogP contribution >= 0.6 is 0 Å². The van der Waals surface area contributed by atoms with Crippen molar-refractivity contribution in [3.8, 4) is 0 Å². The Bertz CT molecular complexity index is 854. The molecule has 0 aliphatic carbocycles. The topological polar surface area (TPSA) is 78.9 Å². The Morgan fingerprint density at radius 3 is 0.875 bits per heavy atom. The molecule has 0 rings (SSSR count). The van der Waals surface area contributed by atoms with E-state index in [0.29, 0.717) is 19.3 Å². The SMILES string of the molecule is CCCCCCCCCCCCCCCCCC(=O)OC[C@@H](COC(=O)CCCCCCCCCCCCCC(C)C)OC(=O)CCCCCCCCC(C)C. The summed E-state index contributed by atoms with van der Waals surface area (Å²) in [5.41, 5.74) is 0. The van der Waals surface area contributed by atoms with Crippen molar-refractivity contribution >= 4 is 17.9 Å². The normalized spacial score (nSPS) is 12.1. The standard InChI is InChI=1S/C50H96O6/c1-6-7-8-9-10-11-12-13-14-15-18-21-24-30-35-40-48(51)54-43-47(56-50(53)42-37-32-27-26-29-34-39-46(4)5)44-55-49(52)41-36-31-25-22-19-16-17-20-23-28-33-38-45(2)3/h45-47H,6-44H2,1-5H3/t47-/m0/s1. The highest BCUT2D eigenvalue weighted by molar-refractivity contribution is 5.71. The number of esters is 3. The first-order chi connectivity index (χ1) is 27.2. The molecule has 0 radical (unpaired) electrons. The minimum Gasteiger partial charge on any atom is -0.462 e. The third-order valence-corrected chi connectivity index (χ3v) is 11.2. The lowest BCUT2D eigenvalue weighted by molar-refractivity contribution is -0.167. The zero-order chi connectivity index (χ0) is 41.2. The van der Waals surface area contributed by atoms with Gasteiger partial charge < -0.3 is 14.2 Å². The quantitative estimate of drug-likeness (QED) is 0.0347. The van der Waals surface area contributed by atoms with Gasteiger partial charge in [0.2, 0.25) is 0 Å². The van der Waals surface area contributed by atoms with E-state index in [4.69, 9.17) is 14.2 Å². The number of ether oxygens (including phenoxy) is 3. The van der Waals surface area contributed by atoms with Gasteiger partial charge in [0.1, 0.15) is 13.2 Å². The summed E-state index contributed by atoms with van der Waals surface area (Å²) >= 11 is 0. The molecule has 0 saturated carbocycles. The molecule has 0 spiro atoms. The van der Waals surface area contributed by atoms with E-state index in [0.717, 1.165) is 69.6 Å². The van der Waals surface area contributed by atoms with Crippen LogP contribution in [0.4, 0.5) is 0 Å². The Balaban J connectivity index is 4.26. The molecule has 6 heteroatoms. The molecule has 0 aliphatic heterocycles. The van der Waals surface area contributed by atoms with E-state index in [1.54, 1.807) is 0 Å². The molecule has 0 bridgehead atoms. The Labute approximate surface area is 348 Å². The van der Waals surface area contributed by atoms with E-state index in [1.165, 1.54) is 161 Å². The van der Waals surface area contributed by atoms with Crippen LogP contribution in [0.3, 0.4) is 0 Å². The lowest BCUT2D eigenvalue weighted by atomic mass is 10.0. The summed E-state index contributed by atoms with van der Waals surface area (Å²) in [4.78, 5) is 37.8. The average Bonchev–Trinajstić information content (AvgIpc) is 3.16. The number of unbranched alkanes of at least 4 members (excludes halogenated alkanes) is 29. The van der Waals surface area contributed by atoms with Crippen molar-refractivity contribution in [1.29, 1.82) is 0 Å². The highest BCUT2D eigenvalue weighted by atomic mass is 16.6. The molecule has 6 nitrogen and oxygen atoms in total. The van der Waals surface area contributed by atoms with Crippen LogP contribution < -0.4 is 0 Å². The third-order valence-electron chi connectivity index (χ3n) is 11.2. The van der Waals surface area contributed by atoms with Crippen molar-refractivity contribution in [3.63, 3.8) is 0 Å². The van der Waals surface area contributed by atoms with Gasteiger partial charge in [0, 0.05) is 19.3 Å². The van der Waals surface area contributed by atoms with Gasteiger partial charge in [0.15, 0.2) is 6.10 Å². The molecular formula is C50H96O6. The first-order valence-electron chi connectivity index (χ1n) is 24.7. The van der Waals surface area contributed by atoms with Gasteiger partial charge in [-0.3, -0.25) is 14.4 Å². The van der Waals surface area contributed by atoms with Crippen LogP contribution in [0, 0.1) is 11.8 Å². The van der Waals surface area contributed by atoms with E-state index in [9.17, 15) is 14.4 Å². The first kappa shape index (κ1) is 54.4. The second-order valence-electron chi connectivity index (χ2n) is 18.1. The second-order valence-corrected chi connectivity index (χ2v) is 18.1.